The van der Waals surface area contributed by atoms with Crippen LogP contribution < -0.4 is 0 Å². The molecular formula is C12H25NO4PS+. The quantitative estimate of drug-likeness (QED) is 0.213. The van der Waals surface area contributed by atoms with Crippen molar-refractivity contribution in [1.29, 1.82) is 0 Å². The fraction of sp³-hybridized carbons (Fsp3) is 0.917. The van der Waals surface area contributed by atoms with Crippen LogP contribution in [0.5, 0.6) is 0 Å². The van der Waals surface area contributed by atoms with E-state index in [1.165, 1.54) is 16.1 Å². The highest BCUT2D eigenvalue weighted by molar-refractivity contribution is 8.55. The molecule has 0 bridgehead atoms. The third-order valence-electron chi connectivity index (χ3n) is 3.16. The van der Waals surface area contributed by atoms with E-state index >= 15 is 0 Å². The fourth-order valence-electron chi connectivity index (χ4n) is 2.12. The number of ether oxygens (including phenoxy) is 1. The van der Waals surface area contributed by atoms with Gasteiger partial charge in [-0.1, -0.05) is 6.92 Å². The van der Waals surface area contributed by atoms with Crippen molar-refractivity contribution in [2.45, 2.75) is 51.7 Å². The molecule has 1 fully saturated rings. The molecule has 0 aromatic heterocycles. The van der Waals surface area contributed by atoms with Crippen molar-refractivity contribution in [2.24, 2.45) is 0 Å². The normalized spacial score (nSPS) is 21.0. The van der Waals surface area contributed by atoms with Gasteiger partial charge in [-0.2, -0.15) is 4.62 Å². The molecule has 0 amide bonds. The monoisotopic (exact) mass is 310 g/mol. The molecule has 1 aliphatic rings. The molecule has 7 heteroatoms. The molecule has 112 valence electrons. The molecule has 1 rings (SSSR count). The third kappa shape index (κ3) is 4.48. The van der Waals surface area contributed by atoms with Crippen LogP contribution in [0, 0.1) is 0 Å². The Bertz CT molecular complexity index is 345. The van der Waals surface area contributed by atoms with Crippen LogP contribution in [0.15, 0.2) is 0 Å². The zero-order chi connectivity index (χ0) is 14.4. The highest BCUT2D eigenvalue weighted by Crippen LogP contribution is 2.61. The van der Waals surface area contributed by atoms with Gasteiger partial charge in [-0.25, -0.2) is 4.57 Å². The second-order valence-electron chi connectivity index (χ2n) is 4.52. The molecule has 19 heavy (non-hydrogen) atoms. The smallest absolute Gasteiger partial charge is 0.319 e. The summed E-state index contributed by atoms with van der Waals surface area (Å²) in [6, 6.07) is 0. The van der Waals surface area contributed by atoms with Gasteiger partial charge in [0, 0.05) is 30.4 Å². The summed E-state index contributed by atoms with van der Waals surface area (Å²) in [7, 11) is 1.64. The summed E-state index contributed by atoms with van der Waals surface area (Å²) in [6.45, 7) is 4.84. The van der Waals surface area contributed by atoms with E-state index in [1.54, 1.807) is 14.0 Å². The highest BCUT2D eigenvalue weighted by Gasteiger charge is 2.49. The van der Waals surface area contributed by atoms with E-state index in [-0.39, 0.29) is 0 Å². The molecule has 1 aliphatic carbocycles. The van der Waals surface area contributed by atoms with Crippen LogP contribution in [0.1, 0.15) is 46.0 Å². The molecule has 0 heterocycles. The first kappa shape index (κ1) is 17.0. The van der Waals surface area contributed by atoms with E-state index in [9.17, 15) is 4.57 Å². The molecule has 0 radical (unpaired) electrons. The summed E-state index contributed by atoms with van der Waals surface area (Å²) in [4.78, 5) is 0. The third-order valence-corrected chi connectivity index (χ3v) is 7.05. The first-order valence-electron chi connectivity index (χ1n) is 6.76. The maximum atomic E-state index is 12.6. The standard InChI is InChI=1S/C12H25NO4PS/c1-5-11-19-18(14,16-6-2)17-13(3)12(15-4)9-7-8-10-12/h3,5-11H2,1-2,4H3/q+1. The first-order valence-corrected chi connectivity index (χ1v) is 9.90. The maximum absolute atomic E-state index is 12.6. The highest BCUT2D eigenvalue weighted by atomic mass is 32.7. The van der Waals surface area contributed by atoms with Crippen LogP contribution in [0.4, 0.5) is 0 Å². The average Bonchev–Trinajstić information content (AvgIpc) is 2.86. The predicted octanol–water partition coefficient (Wildman–Crippen LogP) is 3.84. The molecule has 0 N–H and O–H groups in total. The minimum absolute atomic E-state index is 0.349. The SMILES string of the molecule is C=[N+](OP(=O)(OCC)SCCC)C1(OC)CCCC1. The summed E-state index contributed by atoms with van der Waals surface area (Å²) in [5.74, 6) is 0.727. The molecular weight excluding hydrogens is 285 g/mol. The van der Waals surface area contributed by atoms with E-state index in [1.807, 2.05) is 6.92 Å². The Morgan fingerprint density at radius 2 is 2.00 bits per heavy atom. The van der Waals surface area contributed by atoms with Crippen molar-refractivity contribution >= 4 is 24.9 Å². The average molecular weight is 310 g/mol. The van der Waals surface area contributed by atoms with E-state index in [4.69, 9.17) is 13.9 Å². The number of methoxy groups -OCH3 is 1. The molecule has 1 atom stereocenters. The van der Waals surface area contributed by atoms with Crippen LogP contribution in [-0.4, -0.2) is 36.7 Å². The molecule has 0 saturated heterocycles. The van der Waals surface area contributed by atoms with Crippen LogP contribution in [0.2, 0.25) is 0 Å². The van der Waals surface area contributed by atoms with Crippen LogP contribution in [0.3, 0.4) is 0 Å². The summed E-state index contributed by atoms with van der Waals surface area (Å²) in [5.41, 5.74) is -0.570. The number of hydrogen-bond acceptors (Lipinski definition) is 5. The van der Waals surface area contributed by atoms with Gasteiger partial charge in [-0.05, 0) is 37.6 Å². The van der Waals surface area contributed by atoms with Crippen molar-refractivity contribution in [3.63, 3.8) is 0 Å². The minimum Gasteiger partial charge on any atom is -0.319 e. The van der Waals surface area contributed by atoms with Gasteiger partial charge < -0.3 is 4.74 Å². The van der Waals surface area contributed by atoms with Gasteiger partial charge in [0.25, 0.3) is 0 Å². The molecule has 0 aromatic carbocycles. The Morgan fingerprint density at radius 1 is 1.37 bits per heavy atom. The van der Waals surface area contributed by atoms with Crippen LogP contribution >= 0.6 is 18.2 Å². The summed E-state index contributed by atoms with van der Waals surface area (Å²) >= 11 is 1.22. The Balaban J connectivity index is 2.72. The van der Waals surface area contributed by atoms with Crippen molar-refractivity contribution < 1.29 is 23.2 Å². The molecule has 1 unspecified atom stereocenters. The van der Waals surface area contributed by atoms with Crippen molar-refractivity contribution in [3.05, 3.63) is 0 Å². The van der Waals surface area contributed by atoms with Gasteiger partial charge in [-0.3, -0.25) is 4.52 Å². The van der Waals surface area contributed by atoms with Crippen molar-refractivity contribution in [3.8, 4) is 0 Å². The lowest BCUT2D eigenvalue weighted by Crippen LogP contribution is -2.40. The van der Waals surface area contributed by atoms with E-state index < -0.39 is 12.5 Å². The van der Waals surface area contributed by atoms with Gasteiger partial charge in [0.15, 0.2) is 6.72 Å². The first-order chi connectivity index (χ1) is 9.02. The van der Waals surface area contributed by atoms with Gasteiger partial charge in [0.2, 0.25) is 0 Å². The van der Waals surface area contributed by atoms with Gasteiger partial charge in [0.1, 0.15) is 0 Å². The lowest BCUT2D eigenvalue weighted by atomic mass is 10.2. The lowest BCUT2D eigenvalue weighted by molar-refractivity contribution is -0.827. The largest absolute Gasteiger partial charge is 0.500 e. The maximum Gasteiger partial charge on any atom is 0.500 e. The minimum atomic E-state index is -3.20. The van der Waals surface area contributed by atoms with Crippen LogP contribution in [-0.2, 0) is 18.5 Å². The Kier molecular flexibility index (Phi) is 6.87. The van der Waals surface area contributed by atoms with E-state index in [0.717, 1.165) is 37.9 Å². The molecule has 0 aliphatic heterocycles. The summed E-state index contributed by atoms with van der Waals surface area (Å²) in [5, 5.41) is 0. The number of nitrogens with zero attached hydrogens (tertiary/aromatic N) is 1. The van der Waals surface area contributed by atoms with Gasteiger partial charge in [-0.15, -0.1) is 0 Å². The zero-order valence-corrected chi connectivity index (χ0v) is 13.8. The van der Waals surface area contributed by atoms with Gasteiger partial charge in [0.05, 0.1) is 6.61 Å². The molecule has 1 saturated carbocycles. The Morgan fingerprint density at radius 3 is 2.47 bits per heavy atom. The second-order valence-corrected chi connectivity index (χ2v) is 8.61. The number of rotatable bonds is 9. The molecule has 5 nitrogen and oxygen atoms in total. The second kappa shape index (κ2) is 7.67. The van der Waals surface area contributed by atoms with Crippen LogP contribution in [0.25, 0.3) is 0 Å². The van der Waals surface area contributed by atoms with E-state index in [2.05, 4.69) is 6.72 Å². The fourth-order valence-corrected chi connectivity index (χ4v) is 5.55. The Labute approximate surface area is 119 Å². The van der Waals surface area contributed by atoms with Gasteiger partial charge >= 0.3 is 12.5 Å². The van der Waals surface area contributed by atoms with Crippen molar-refractivity contribution in [2.75, 3.05) is 19.5 Å². The summed E-state index contributed by atoms with van der Waals surface area (Å²) < 4.78 is 30.3. The summed E-state index contributed by atoms with van der Waals surface area (Å²) in [6.07, 6.45) is 4.70. The van der Waals surface area contributed by atoms with Crippen molar-refractivity contribution in [1.82, 2.24) is 0 Å². The number of hydroxylamine groups is 1. The predicted molar refractivity (Wildman–Crippen MR) is 78.7 cm³/mol. The Hall–Kier alpha value is -0.0300. The molecule has 0 aromatic rings. The van der Waals surface area contributed by atoms with E-state index in [0.29, 0.717) is 6.61 Å². The zero-order valence-electron chi connectivity index (χ0n) is 12.1. The molecule has 0 spiro atoms. The number of hydrogen-bond donors (Lipinski definition) is 0. The lowest BCUT2D eigenvalue weighted by Gasteiger charge is -2.23. The topological polar surface area (TPSA) is 47.8 Å².